The molecule has 1 aromatic heterocycles. The van der Waals surface area contributed by atoms with Gasteiger partial charge in [0.25, 0.3) is 0 Å². The van der Waals surface area contributed by atoms with Crippen molar-refractivity contribution >= 4 is 28.8 Å². The van der Waals surface area contributed by atoms with Crippen molar-refractivity contribution in [2.24, 2.45) is 0 Å². The number of aromatic nitrogens is 1. The fraction of sp³-hybridized carbons (Fsp3) is 0.312. The molecule has 0 spiro atoms. The summed E-state index contributed by atoms with van der Waals surface area (Å²) in [6, 6.07) is 5.92. The zero-order chi connectivity index (χ0) is 15.5. The highest BCUT2D eigenvalue weighted by molar-refractivity contribution is 7.09. The van der Waals surface area contributed by atoms with E-state index in [2.05, 4.69) is 15.6 Å². The number of anilines is 1. The summed E-state index contributed by atoms with van der Waals surface area (Å²) in [7, 11) is 0. The summed E-state index contributed by atoms with van der Waals surface area (Å²) < 4.78 is 0. The summed E-state index contributed by atoms with van der Waals surface area (Å²) >= 11 is 1.59. The van der Waals surface area contributed by atoms with Crippen LogP contribution < -0.4 is 10.6 Å². The number of carbonyl (C=O) groups is 2. The molecule has 2 amide bonds. The number of fused-ring (bicyclic) bond motifs is 1. The van der Waals surface area contributed by atoms with Crippen LogP contribution in [0.4, 0.5) is 5.69 Å². The second-order valence-corrected chi connectivity index (χ2v) is 6.12. The Morgan fingerprint density at radius 2 is 2.32 bits per heavy atom. The predicted molar refractivity (Wildman–Crippen MR) is 86.9 cm³/mol. The fourth-order valence-corrected chi connectivity index (χ4v) is 3.19. The van der Waals surface area contributed by atoms with Crippen molar-refractivity contribution in [1.29, 1.82) is 0 Å². The van der Waals surface area contributed by atoms with Gasteiger partial charge in [0.1, 0.15) is 0 Å². The van der Waals surface area contributed by atoms with Gasteiger partial charge in [-0.3, -0.25) is 9.59 Å². The number of nitrogens with one attached hydrogen (secondary N) is 2. The Hall–Kier alpha value is -2.21. The van der Waals surface area contributed by atoms with Crippen LogP contribution in [0.25, 0.3) is 11.3 Å². The van der Waals surface area contributed by atoms with Crippen molar-refractivity contribution in [3.05, 3.63) is 34.2 Å². The third-order valence-corrected chi connectivity index (χ3v) is 4.47. The molecule has 0 aliphatic carbocycles. The molecule has 22 heavy (non-hydrogen) atoms. The van der Waals surface area contributed by atoms with Gasteiger partial charge < -0.3 is 10.6 Å². The second kappa shape index (κ2) is 6.27. The van der Waals surface area contributed by atoms with Crippen LogP contribution >= 0.6 is 11.3 Å². The highest BCUT2D eigenvalue weighted by Gasteiger charge is 2.18. The van der Waals surface area contributed by atoms with Crippen LogP contribution in [0.2, 0.25) is 0 Å². The van der Waals surface area contributed by atoms with E-state index in [1.54, 1.807) is 11.3 Å². The standard InChI is InChI=1S/C16H17N3O2S/c1-2-14(20)17-6-5-16-19-13(9-22-16)10-3-4-12-11(7-10)8-15(21)18-12/h3-4,7,9H,2,5-6,8H2,1H3,(H,17,20)(H,18,21). The van der Waals surface area contributed by atoms with Crippen LogP contribution in [0.1, 0.15) is 23.9 Å². The SMILES string of the molecule is CCC(=O)NCCc1nc(-c2ccc3c(c2)CC(=O)N3)cs1. The Kier molecular flexibility index (Phi) is 4.20. The molecular formula is C16H17N3O2S. The third-order valence-electron chi connectivity index (χ3n) is 3.56. The van der Waals surface area contributed by atoms with Crippen molar-refractivity contribution in [3.63, 3.8) is 0 Å². The van der Waals surface area contributed by atoms with Crippen molar-refractivity contribution < 1.29 is 9.59 Å². The molecule has 2 heterocycles. The average molecular weight is 315 g/mol. The zero-order valence-electron chi connectivity index (χ0n) is 12.3. The zero-order valence-corrected chi connectivity index (χ0v) is 13.1. The average Bonchev–Trinajstić information content (AvgIpc) is 3.11. The molecule has 0 radical (unpaired) electrons. The highest BCUT2D eigenvalue weighted by atomic mass is 32.1. The van der Waals surface area contributed by atoms with E-state index in [0.29, 0.717) is 19.4 Å². The van der Waals surface area contributed by atoms with Crippen LogP contribution in [0.15, 0.2) is 23.6 Å². The Bertz CT molecular complexity index is 724. The van der Waals surface area contributed by atoms with Gasteiger partial charge in [-0.15, -0.1) is 11.3 Å². The maximum atomic E-state index is 11.4. The minimum absolute atomic E-state index is 0.0396. The van der Waals surface area contributed by atoms with Crippen molar-refractivity contribution in [3.8, 4) is 11.3 Å². The van der Waals surface area contributed by atoms with Crippen LogP contribution in [0.5, 0.6) is 0 Å². The molecule has 2 N–H and O–H groups in total. The van der Waals surface area contributed by atoms with Crippen molar-refractivity contribution in [2.75, 3.05) is 11.9 Å². The monoisotopic (exact) mass is 315 g/mol. The Labute approximate surface area is 132 Å². The number of carbonyl (C=O) groups excluding carboxylic acids is 2. The topological polar surface area (TPSA) is 71.1 Å². The molecule has 0 saturated carbocycles. The van der Waals surface area contributed by atoms with Crippen LogP contribution in [0, 0.1) is 0 Å². The van der Waals surface area contributed by atoms with E-state index in [1.807, 2.05) is 30.5 Å². The Morgan fingerprint density at radius 1 is 1.45 bits per heavy atom. The van der Waals surface area contributed by atoms with Gasteiger partial charge in [0.05, 0.1) is 17.1 Å². The minimum Gasteiger partial charge on any atom is -0.356 e. The van der Waals surface area contributed by atoms with Crippen LogP contribution in [-0.4, -0.2) is 23.3 Å². The molecule has 6 heteroatoms. The van der Waals surface area contributed by atoms with E-state index in [0.717, 1.165) is 33.9 Å². The molecule has 0 bridgehead atoms. The van der Waals surface area contributed by atoms with Gasteiger partial charge in [-0.1, -0.05) is 13.0 Å². The molecule has 2 aromatic rings. The summed E-state index contributed by atoms with van der Waals surface area (Å²) in [4.78, 5) is 27.2. The second-order valence-electron chi connectivity index (χ2n) is 5.18. The van der Waals surface area contributed by atoms with Crippen LogP contribution in [0.3, 0.4) is 0 Å². The first kappa shape index (κ1) is 14.7. The van der Waals surface area contributed by atoms with Gasteiger partial charge in [-0.05, 0) is 17.7 Å². The van der Waals surface area contributed by atoms with Gasteiger partial charge in [0, 0.05) is 36.0 Å². The molecule has 0 fully saturated rings. The Morgan fingerprint density at radius 3 is 3.14 bits per heavy atom. The molecule has 0 unspecified atom stereocenters. The lowest BCUT2D eigenvalue weighted by atomic mass is 10.1. The first-order chi connectivity index (χ1) is 10.7. The lowest BCUT2D eigenvalue weighted by molar-refractivity contribution is -0.120. The molecule has 1 aromatic carbocycles. The largest absolute Gasteiger partial charge is 0.356 e. The van der Waals surface area contributed by atoms with E-state index in [1.165, 1.54) is 0 Å². The number of benzene rings is 1. The summed E-state index contributed by atoms with van der Waals surface area (Å²) in [6.45, 7) is 2.45. The molecule has 1 aliphatic heterocycles. The molecule has 114 valence electrons. The fourth-order valence-electron chi connectivity index (χ4n) is 2.38. The maximum Gasteiger partial charge on any atom is 0.228 e. The van der Waals surface area contributed by atoms with E-state index >= 15 is 0 Å². The van der Waals surface area contributed by atoms with Gasteiger partial charge in [-0.2, -0.15) is 0 Å². The molecule has 0 atom stereocenters. The molecule has 5 nitrogen and oxygen atoms in total. The number of amides is 2. The van der Waals surface area contributed by atoms with Crippen LogP contribution in [-0.2, 0) is 22.4 Å². The van der Waals surface area contributed by atoms with Gasteiger partial charge in [0.15, 0.2) is 0 Å². The Balaban J connectivity index is 1.68. The first-order valence-corrected chi connectivity index (χ1v) is 8.18. The number of nitrogens with zero attached hydrogens (tertiary/aromatic N) is 1. The maximum absolute atomic E-state index is 11.4. The molecule has 0 saturated heterocycles. The molecule has 3 rings (SSSR count). The molecule has 1 aliphatic rings. The summed E-state index contributed by atoms with van der Waals surface area (Å²) in [5.74, 6) is 0.102. The highest BCUT2D eigenvalue weighted by Crippen LogP contribution is 2.29. The van der Waals surface area contributed by atoms with E-state index in [9.17, 15) is 9.59 Å². The van der Waals surface area contributed by atoms with Gasteiger partial charge in [-0.25, -0.2) is 4.98 Å². The first-order valence-electron chi connectivity index (χ1n) is 7.30. The number of hydrogen-bond acceptors (Lipinski definition) is 4. The normalized spacial score (nSPS) is 12.9. The third kappa shape index (κ3) is 3.17. The lowest BCUT2D eigenvalue weighted by Crippen LogP contribution is -2.24. The quantitative estimate of drug-likeness (QED) is 0.890. The smallest absolute Gasteiger partial charge is 0.228 e. The van der Waals surface area contributed by atoms with E-state index in [-0.39, 0.29) is 11.8 Å². The van der Waals surface area contributed by atoms with E-state index < -0.39 is 0 Å². The van der Waals surface area contributed by atoms with Gasteiger partial charge in [0.2, 0.25) is 11.8 Å². The summed E-state index contributed by atoms with van der Waals surface area (Å²) in [5.41, 5.74) is 3.86. The lowest BCUT2D eigenvalue weighted by Gasteiger charge is -2.02. The van der Waals surface area contributed by atoms with E-state index in [4.69, 9.17) is 0 Å². The molecular weight excluding hydrogens is 298 g/mol. The van der Waals surface area contributed by atoms with Gasteiger partial charge >= 0.3 is 0 Å². The minimum atomic E-state index is 0.0396. The van der Waals surface area contributed by atoms with Crippen molar-refractivity contribution in [1.82, 2.24) is 10.3 Å². The summed E-state index contributed by atoms with van der Waals surface area (Å²) in [5, 5.41) is 8.70. The number of hydrogen-bond donors (Lipinski definition) is 2. The van der Waals surface area contributed by atoms with Crippen molar-refractivity contribution in [2.45, 2.75) is 26.2 Å². The predicted octanol–water partition coefficient (Wildman–Crippen LogP) is 2.37. The summed E-state index contributed by atoms with van der Waals surface area (Å²) in [6.07, 6.45) is 1.68. The number of rotatable bonds is 5. The number of thiazole rings is 1.